The Morgan fingerprint density at radius 3 is 2.67 bits per heavy atom. The number of halogens is 2. The lowest BCUT2D eigenvalue weighted by Gasteiger charge is -2.30. The first-order chi connectivity index (χ1) is 6.83. The first-order valence-electron chi connectivity index (χ1n) is 4.60. The van der Waals surface area contributed by atoms with E-state index in [1.165, 1.54) is 0 Å². The second-order valence-electron chi connectivity index (χ2n) is 4.01. The molecule has 0 spiro atoms. The zero-order valence-corrected chi connectivity index (χ0v) is 11.2. The lowest BCUT2D eigenvalue weighted by molar-refractivity contribution is 0.133. The van der Waals surface area contributed by atoms with E-state index >= 15 is 0 Å². The van der Waals surface area contributed by atoms with E-state index in [0.29, 0.717) is 10.8 Å². The number of hydrogen-bond donors (Lipinski definition) is 2. The number of aromatic nitrogens is 1. The molecule has 0 radical (unpaired) electrons. The number of hydrogen-bond acceptors (Lipinski definition) is 3. The highest BCUT2D eigenvalue weighted by Gasteiger charge is 2.24. The summed E-state index contributed by atoms with van der Waals surface area (Å²) >= 11 is 9.14. The highest BCUT2D eigenvalue weighted by Crippen LogP contribution is 2.26. The molecule has 0 amide bonds. The maximum atomic E-state index is 9.56. The van der Waals surface area contributed by atoms with Gasteiger partial charge in [-0.1, -0.05) is 11.6 Å². The van der Waals surface area contributed by atoms with Gasteiger partial charge in [0.2, 0.25) is 0 Å². The molecule has 0 aliphatic carbocycles. The first kappa shape index (κ1) is 12.7. The van der Waals surface area contributed by atoms with Crippen molar-refractivity contribution in [3.8, 4) is 0 Å². The van der Waals surface area contributed by atoms with Crippen LogP contribution in [-0.4, -0.2) is 21.7 Å². The molecule has 3 nitrogen and oxygen atoms in total. The van der Waals surface area contributed by atoms with E-state index in [1.807, 2.05) is 13.8 Å². The minimum absolute atomic E-state index is 0.441. The molecular formula is C10H14BrClN2O. The molecule has 1 atom stereocenters. The second-order valence-corrected chi connectivity index (χ2v) is 5.30. The predicted molar refractivity (Wildman–Crippen MR) is 66.3 cm³/mol. The van der Waals surface area contributed by atoms with Crippen molar-refractivity contribution < 1.29 is 5.11 Å². The minimum atomic E-state index is -0.484. The van der Waals surface area contributed by atoms with Gasteiger partial charge in [0.25, 0.3) is 0 Å². The average Bonchev–Trinajstić information content (AvgIpc) is 2.09. The third-order valence-electron chi connectivity index (χ3n) is 2.29. The molecule has 5 heteroatoms. The van der Waals surface area contributed by atoms with Crippen LogP contribution in [-0.2, 0) is 0 Å². The molecule has 0 saturated carbocycles. The molecule has 0 aromatic carbocycles. The predicted octanol–water partition coefficient (Wildman–Crippen LogP) is 3.07. The van der Waals surface area contributed by atoms with Gasteiger partial charge in [0.1, 0.15) is 5.82 Å². The van der Waals surface area contributed by atoms with Crippen LogP contribution in [0.2, 0.25) is 5.02 Å². The fraction of sp³-hybridized carbons (Fsp3) is 0.500. The Bertz CT molecular complexity index is 355. The Morgan fingerprint density at radius 2 is 2.20 bits per heavy atom. The maximum absolute atomic E-state index is 9.56. The molecule has 1 heterocycles. The van der Waals surface area contributed by atoms with Crippen molar-refractivity contribution >= 4 is 33.3 Å². The van der Waals surface area contributed by atoms with Gasteiger partial charge in [-0.25, -0.2) is 4.98 Å². The molecule has 2 N–H and O–H groups in total. The first-order valence-corrected chi connectivity index (χ1v) is 5.77. The average molecular weight is 294 g/mol. The van der Waals surface area contributed by atoms with Crippen LogP contribution in [0.5, 0.6) is 0 Å². The van der Waals surface area contributed by atoms with Crippen molar-refractivity contribution in [2.24, 2.45) is 0 Å². The van der Waals surface area contributed by atoms with Crippen LogP contribution in [0.4, 0.5) is 5.82 Å². The number of pyridine rings is 1. The highest BCUT2D eigenvalue weighted by atomic mass is 79.9. The summed E-state index contributed by atoms with van der Waals surface area (Å²) in [5, 5.41) is 13.3. The van der Waals surface area contributed by atoms with E-state index in [1.54, 1.807) is 19.2 Å². The second kappa shape index (κ2) is 4.68. The van der Waals surface area contributed by atoms with Crippen molar-refractivity contribution in [2.45, 2.75) is 32.4 Å². The molecule has 1 unspecified atom stereocenters. The van der Waals surface area contributed by atoms with Gasteiger partial charge in [-0.05, 0) is 42.8 Å². The number of nitrogens with one attached hydrogen (secondary N) is 1. The molecule has 0 bridgehead atoms. The Labute approximate surface area is 103 Å². The van der Waals surface area contributed by atoms with Crippen LogP contribution in [0.3, 0.4) is 0 Å². The van der Waals surface area contributed by atoms with E-state index in [9.17, 15) is 5.11 Å². The Hall–Kier alpha value is -0.320. The number of rotatable bonds is 3. The Morgan fingerprint density at radius 1 is 1.60 bits per heavy atom. The minimum Gasteiger partial charge on any atom is -0.391 e. The zero-order chi connectivity index (χ0) is 11.6. The molecule has 1 rings (SSSR count). The summed E-state index contributed by atoms with van der Waals surface area (Å²) in [6.07, 6.45) is 1.08. The van der Waals surface area contributed by atoms with E-state index in [2.05, 4.69) is 26.2 Å². The van der Waals surface area contributed by atoms with Crippen LogP contribution in [0.15, 0.2) is 16.7 Å². The quantitative estimate of drug-likeness (QED) is 0.900. The Kier molecular flexibility index (Phi) is 3.98. The molecule has 0 aliphatic heterocycles. The summed E-state index contributed by atoms with van der Waals surface area (Å²) < 4.78 is 0.781. The van der Waals surface area contributed by atoms with Gasteiger partial charge in [-0.2, -0.15) is 0 Å². The van der Waals surface area contributed by atoms with Crippen molar-refractivity contribution in [3.05, 3.63) is 21.8 Å². The maximum Gasteiger partial charge on any atom is 0.140 e. The summed E-state index contributed by atoms with van der Waals surface area (Å²) in [6.45, 7) is 5.54. The number of aliphatic hydroxyl groups is 1. The summed E-state index contributed by atoms with van der Waals surface area (Å²) in [5.41, 5.74) is -0.441. The van der Waals surface area contributed by atoms with Gasteiger partial charge in [0.05, 0.1) is 21.1 Å². The number of aliphatic hydroxyl groups excluding tert-OH is 1. The van der Waals surface area contributed by atoms with Crippen molar-refractivity contribution in [3.63, 3.8) is 0 Å². The summed E-state index contributed by atoms with van der Waals surface area (Å²) in [5.74, 6) is 0.672. The molecule has 1 aromatic heterocycles. The molecule has 0 saturated heterocycles. The van der Waals surface area contributed by atoms with Gasteiger partial charge in [0.15, 0.2) is 0 Å². The molecule has 0 aliphatic rings. The summed E-state index contributed by atoms with van der Waals surface area (Å²) in [4.78, 5) is 4.14. The number of nitrogens with zero attached hydrogens (tertiary/aromatic N) is 1. The van der Waals surface area contributed by atoms with E-state index < -0.39 is 11.6 Å². The van der Waals surface area contributed by atoms with Crippen molar-refractivity contribution in [1.82, 2.24) is 4.98 Å². The fourth-order valence-corrected chi connectivity index (χ4v) is 1.65. The molecular weight excluding hydrogens is 279 g/mol. The normalized spacial score (nSPS) is 13.7. The van der Waals surface area contributed by atoms with Crippen molar-refractivity contribution in [2.75, 3.05) is 5.32 Å². The van der Waals surface area contributed by atoms with Gasteiger partial charge in [-0.15, -0.1) is 0 Å². The largest absolute Gasteiger partial charge is 0.391 e. The van der Waals surface area contributed by atoms with Gasteiger partial charge < -0.3 is 10.4 Å². The standard InChI is InChI=1S/C10H14BrClN2O/c1-6(15)10(2,3)14-9-8(11)4-7(12)5-13-9/h4-6,15H,1-3H3,(H,13,14). The third kappa shape index (κ3) is 3.33. The monoisotopic (exact) mass is 292 g/mol. The van der Waals surface area contributed by atoms with Gasteiger partial charge in [-0.3, -0.25) is 0 Å². The third-order valence-corrected chi connectivity index (χ3v) is 3.10. The van der Waals surface area contributed by atoms with Crippen LogP contribution in [0, 0.1) is 0 Å². The van der Waals surface area contributed by atoms with Gasteiger partial charge in [0, 0.05) is 6.20 Å². The smallest absolute Gasteiger partial charge is 0.140 e. The SMILES string of the molecule is CC(O)C(C)(C)Nc1ncc(Cl)cc1Br. The lowest BCUT2D eigenvalue weighted by atomic mass is 9.99. The topological polar surface area (TPSA) is 45.1 Å². The molecule has 15 heavy (non-hydrogen) atoms. The zero-order valence-electron chi connectivity index (χ0n) is 8.88. The van der Waals surface area contributed by atoms with E-state index in [-0.39, 0.29) is 0 Å². The van der Waals surface area contributed by atoms with Crippen LogP contribution >= 0.6 is 27.5 Å². The summed E-state index contributed by atoms with van der Waals surface area (Å²) in [7, 11) is 0. The van der Waals surface area contributed by atoms with Crippen LogP contribution in [0.1, 0.15) is 20.8 Å². The molecule has 0 fully saturated rings. The van der Waals surface area contributed by atoms with Gasteiger partial charge >= 0.3 is 0 Å². The molecule has 1 aromatic rings. The van der Waals surface area contributed by atoms with Crippen LogP contribution < -0.4 is 5.32 Å². The lowest BCUT2D eigenvalue weighted by Crippen LogP contribution is -2.42. The summed E-state index contributed by atoms with van der Waals surface area (Å²) in [6, 6.07) is 1.76. The highest BCUT2D eigenvalue weighted by molar-refractivity contribution is 9.10. The van der Waals surface area contributed by atoms with E-state index in [4.69, 9.17) is 11.6 Å². The Balaban J connectivity index is 2.90. The van der Waals surface area contributed by atoms with Crippen LogP contribution in [0.25, 0.3) is 0 Å². The number of anilines is 1. The fourth-order valence-electron chi connectivity index (χ4n) is 0.916. The molecule has 84 valence electrons. The van der Waals surface area contributed by atoms with E-state index in [0.717, 1.165) is 4.47 Å². The van der Waals surface area contributed by atoms with Crippen molar-refractivity contribution in [1.29, 1.82) is 0 Å².